The molecule has 1 aliphatic carbocycles. The lowest BCUT2D eigenvalue weighted by atomic mass is 10.2. The zero-order valence-corrected chi connectivity index (χ0v) is 19.7. The van der Waals surface area contributed by atoms with Gasteiger partial charge in [-0.05, 0) is 30.9 Å². The molecule has 1 aliphatic rings. The maximum atomic E-state index is 13.3. The smallest absolute Gasteiger partial charge is 0.270 e. The number of likely N-dealkylation sites (N-methyl/N-ethyl adjacent to an activating group) is 1. The second kappa shape index (κ2) is 9.16. The third kappa shape index (κ3) is 4.73. The Labute approximate surface area is 196 Å². The fraction of sp³-hybridized carbons (Fsp3) is 0.435. The molecule has 0 spiro atoms. The molecule has 0 unspecified atom stereocenters. The Hall–Kier alpha value is -3.89. The van der Waals surface area contributed by atoms with E-state index in [9.17, 15) is 19.5 Å². The highest BCUT2D eigenvalue weighted by Gasteiger charge is 2.29. The molecule has 1 saturated carbocycles. The first-order valence-electron chi connectivity index (χ1n) is 11.2. The Morgan fingerprint density at radius 2 is 2.09 bits per heavy atom. The standard InChI is InChI=1S/C23H29N7O4/c1-14(2)12-29-21-15(5-8-18(31)27(3)13-17-9-10-28(4)26-17)11-24-30(21)23(34)19(22(29)33)20(32)25-16-6-7-16/h5,8-11,14,16,34H,6-7,12-13H2,1-4H3,(H,25,32). The molecule has 180 valence electrons. The summed E-state index contributed by atoms with van der Waals surface area (Å²) >= 11 is 0. The van der Waals surface area contributed by atoms with Crippen LogP contribution < -0.4 is 10.9 Å². The zero-order chi connectivity index (χ0) is 24.6. The van der Waals surface area contributed by atoms with E-state index in [0.29, 0.717) is 24.3 Å². The highest BCUT2D eigenvalue weighted by atomic mass is 16.3. The van der Waals surface area contributed by atoms with Gasteiger partial charge in [-0.1, -0.05) is 13.8 Å². The van der Waals surface area contributed by atoms with Crippen molar-refractivity contribution in [3.8, 4) is 5.88 Å². The Kier molecular flexibility index (Phi) is 6.27. The van der Waals surface area contributed by atoms with Crippen LogP contribution in [0.3, 0.4) is 0 Å². The van der Waals surface area contributed by atoms with Crippen LogP contribution in [0.25, 0.3) is 11.7 Å². The van der Waals surface area contributed by atoms with E-state index >= 15 is 0 Å². The predicted octanol–water partition coefficient (Wildman–Crippen LogP) is 1.16. The van der Waals surface area contributed by atoms with Crippen LogP contribution in [-0.2, 0) is 24.9 Å². The van der Waals surface area contributed by atoms with Crippen molar-refractivity contribution in [2.75, 3.05) is 7.05 Å². The van der Waals surface area contributed by atoms with Gasteiger partial charge in [-0.3, -0.25) is 23.6 Å². The van der Waals surface area contributed by atoms with Crippen molar-refractivity contribution in [3.05, 3.63) is 51.7 Å². The summed E-state index contributed by atoms with van der Waals surface area (Å²) in [6.45, 7) is 4.55. The number of carbonyl (C=O) groups excluding carboxylic acids is 2. The number of amides is 2. The number of carbonyl (C=O) groups is 2. The van der Waals surface area contributed by atoms with Gasteiger partial charge >= 0.3 is 0 Å². The molecule has 11 nitrogen and oxygen atoms in total. The van der Waals surface area contributed by atoms with Crippen LogP contribution in [0.5, 0.6) is 5.88 Å². The molecule has 3 heterocycles. The minimum Gasteiger partial charge on any atom is -0.492 e. The number of nitrogens with one attached hydrogen (secondary N) is 1. The monoisotopic (exact) mass is 467 g/mol. The molecule has 0 aliphatic heterocycles. The van der Waals surface area contributed by atoms with Crippen molar-refractivity contribution in [2.45, 2.75) is 45.8 Å². The highest BCUT2D eigenvalue weighted by Crippen LogP contribution is 2.23. The van der Waals surface area contributed by atoms with E-state index in [-0.39, 0.29) is 23.4 Å². The average molecular weight is 468 g/mol. The lowest BCUT2D eigenvalue weighted by Crippen LogP contribution is -2.36. The van der Waals surface area contributed by atoms with Crippen molar-refractivity contribution in [2.24, 2.45) is 13.0 Å². The van der Waals surface area contributed by atoms with E-state index in [1.54, 1.807) is 17.8 Å². The lowest BCUT2D eigenvalue weighted by Gasteiger charge is -2.15. The first kappa shape index (κ1) is 23.3. The number of aromatic hydroxyl groups is 1. The molecule has 3 aromatic rings. The van der Waals surface area contributed by atoms with Crippen molar-refractivity contribution in [1.29, 1.82) is 0 Å². The second-order valence-corrected chi connectivity index (χ2v) is 9.10. The Morgan fingerprint density at radius 1 is 1.35 bits per heavy atom. The number of aryl methyl sites for hydroxylation is 1. The largest absolute Gasteiger partial charge is 0.492 e. The van der Waals surface area contributed by atoms with Gasteiger partial charge in [0.1, 0.15) is 5.65 Å². The van der Waals surface area contributed by atoms with Gasteiger partial charge in [-0.2, -0.15) is 14.7 Å². The van der Waals surface area contributed by atoms with Gasteiger partial charge < -0.3 is 15.3 Å². The number of rotatable bonds is 8. The van der Waals surface area contributed by atoms with Gasteiger partial charge in [0.15, 0.2) is 5.56 Å². The molecule has 3 aromatic heterocycles. The summed E-state index contributed by atoms with van der Waals surface area (Å²) in [4.78, 5) is 40.1. The summed E-state index contributed by atoms with van der Waals surface area (Å²) in [7, 11) is 3.48. The van der Waals surface area contributed by atoms with E-state index in [0.717, 1.165) is 18.5 Å². The molecule has 11 heteroatoms. The van der Waals surface area contributed by atoms with Crippen molar-refractivity contribution in [1.82, 2.24) is 34.2 Å². The average Bonchev–Trinajstić information content (AvgIpc) is 3.32. The maximum absolute atomic E-state index is 13.3. The SMILES string of the molecule is CC(C)Cn1c(=O)c(C(=O)NC2CC2)c(O)n2ncc(C=CC(=O)N(C)Cc3ccn(C)n3)c12. The summed E-state index contributed by atoms with van der Waals surface area (Å²) in [5, 5.41) is 22.0. The lowest BCUT2D eigenvalue weighted by molar-refractivity contribution is -0.125. The van der Waals surface area contributed by atoms with E-state index < -0.39 is 17.3 Å². The highest BCUT2D eigenvalue weighted by molar-refractivity contribution is 5.97. The number of fused-ring (bicyclic) bond motifs is 1. The molecule has 2 N–H and O–H groups in total. The van der Waals surface area contributed by atoms with E-state index in [2.05, 4.69) is 15.5 Å². The third-order valence-corrected chi connectivity index (χ3v) is 5.55. The van der Waals surface area contributed by atoms with Crippen molar-refractivity contribution in [3.63, 3.8) is 0 Å². The summed E-state index contributed by atoms with van der Waals surface area (Å²) in [5.41, 5.74) is 0.628. The minimum absolute atomic E-state index is 0.0331. The summed E-state index contributed by atoms with van der Waals surface area (Å²) < 4.78 is 4.27. The molecule has 34 heavy (non-hydrogen) atoms. The molecule has 0 radical (unpaired) electrons. The maximum Gasteiger partial charge on any atom is 0.270 e. The van der Waals surface area contributed by atoms with E-state index in [1.165, 1.54) is 26.3 Å². The van der Waals surface area contributed by atoms with Gasteiger partial charge in [0.2, 0.25) is 11.8 Å². The zero-order valence-electron chi connectivity index (χ0n) is 19.7. The molecule has 0 saturated heterocycles. The fourth-order valence-corrected chi connectivity index (χ4v) is 3.71. The number of hydrogen-bond acceptors (Lipinski definition) is 6. The number of aromatic nitrogens is 5. The number of nitrogens with zero attached hydrogens (tertiary/aromatic N) is 6. The van der Waals surface area contributed by atoms with Crippen LogP contribution in [0, 0.1) is 5.92 Å². The van der Waals surface area contributed by atoms with Crippen LogP contribution in [0.15, 0.2) is 29.3 Å². The first-order chi connectivity index (χ1) is 16.2. The van der Waals surface area contributed by atoms with Gasteiger partial charge in [0.25, 0.3) is 11.5 Å². The van der Waals surface area contributed by atoms with Gasteiger partial charge in [0.05, 0.1) is 18.4 Å². The van der Waals surface area contributed by atoms with Crippen molar-refractivity contribution >= 4 is 23.5 Å². The molecule has 4 rings (SSSR count). The fourth-order valence-electron chi connectivity index (χ4n) is 3.71. The topological polar surface area (TPSA) is 127 Å². The predicted molar refractivity (Wildman–Crippen MR) is 125 cm³/mol. The summed E-state index contributed by atoms with van der Waals surface area (Å²) in [5.74, 6) is -1.30. The van der Waals surface area contributed by atoms with Crippen molar-refractivity contribution < 1.29 is 14.7 Å². The molecule has 0 aromatic carbocycles. The normalized spacial score (nSPS) is 13.8. The van der Waals surface area contributed by atoms with Crippen LogP contribution in [0.2, 0.25) is 0 Å². The van der Waals surface area contributed by atoms with Crippen LogP contribution in [0.4, 0.5) is 0 Å². The van der Waals surface area contributed by atoms with E-state index in [1.807, 2.05) is 33.2 Å². The Morgan fingerprint density at radius 3 is 2.71 bits per heavy atom. The second-order valence-electron chi connectivity index (χ2n) is 9.10. The molecular weight excluding hydrogens is 438 g/mol. The third-order valence-electron chi connectivity index (χ3n) is 5.55. The number of hydrogen-bond donors (Lipinski definition) is 2. The van der Waals surface area contributed by atoms with Crippen LogP contribution in [0.1, 0.15) is 48.3 Å². The molecule has 2 amide bonds. The van der Waals surface area contributed by atoms with E-state index in [4.69, 9.17) is 0 Å². The molecule has 0 bridgehead atoms. The quantitative estimate of drug-likeness (QED) is 0.479. The Bertz CT molecular complexity index is 1330. The van der Waals surface area contributed by atoms with Gasteiger partial charge in [-0.15, -0.1) is 0 Å². The van der Waals surface area contributed by atoms with Gasteiger partial charge in [0, 0.05) is 44.5 Å². The summed E-state index contributed by atoms with van der Waals surface area (Å²) in [6, 6.07) is 1.87. The van der Waals surface area contributed by atoms with Gasteiger partial charge in [-0.25, -0.2) is 0 Å². The van der Waals surface area contributed by atoms with Crippen LogP contribution >= 0.6 is 0 Å². The Balaban J connectivity index is 1.68. The molecule has 0 atom stereocenters. The van der Waals surface area contributed by atoms with Crippen LogP contribution in [-0.4, -0.2) is 58.9 Å². The minimum atomic E-state index is -0.608. The molecule has 1 fully saturated rings. The first-order valence-corrected chi connectivity index (χ1v) is 11.2. The summed E-state index contributed by atoms with van der Waals surface area (Å²) in [6.07, 6.45) is 7.91. The molecular formula is C23H29N7O4.